The highest BCUT2D eigenvalue weighted by Crippen LogP contribution is 2.34. The third-order valence-electron chi connectivity index (χ3n) is 2.54. The number of halogens is 4. The molecule has 1 aromatic carbocycles. The van der Waals surface area contributed by atoms with Crippen LogP contribution in [-0.2, 0) is 4.79 Å². The Bertz CT molecular complexity index is 561. The highest BCUT2D eigenvalue weighted by Gasteiger charge is 2.57. The van der Waals surface area contributed by atoms with Gasteiger partial charge in [0.1, 0.15) is 0 Å². The van der Waals surface area contributed by atoms with Crippen molar-refractivity contribution in [2.45, 2.75) is 18.6 Å². The van der Waals surface area contributed by atoms with E-state index >= 15 is 0 Å². The fourth-order valence-corrected chi connectivity index (χ4v) is 1.23. The molecule has 1 aromatic rings. The molecule has 0 radical (unpaired) electrons. The topological polar surface area (TPSA) is 92.5 Å². The van der Waals surface area contributed by atoms with Gasteiger partial charge in [-0.1, -0.05) is 0 Å². The Kier molecular flexibility index (Phi) is 3.87. The Morgan fingerprint density at radius 3 is 2.30 bits per heavy atom. The van der Waals surface area contributed by atoms with Crippen LogP contribution in [0.5, 0.6) is 0 Å². The zero-order valence-corrected chi connectivity index (χ0v) is 9.86. The van der Waals surface area contributed by atoms with Gasteiger partial charge < -0.3 is 10.4 Å². The van der Waals surface area contributed by atoms with Gasteiger partial charge >= 0.3 is 12.1 Å². The number of aliphatic carboxylic acids is 1. The number of nitrogens with one attached hydrogen (secondary N) is 1. The molecular weight excluding hydrogens is 288 g/mol. The fraction of sp³-hybridized carbons (Fsp3) is 0.300. The molecule has 0 spiro atoms. The lowest BCUT2D eigenvalue weighted by molar-refractivity contribution is -0.385. The summed E-state index contributed by atoms with van der Waals surface area (Å²) in [5.41, 5.74) is -4.90. The van der Waals surface area contributed by atoms with Crippen molar-refractivity contribution in [3.8, 4) is 0 Å². The van der Waals surface area contributed by atoms with Crippen molar-refractivity contribution in [1.82, 2.24) is 0 Å². The van der Waals surface area contributed by atoms with Crippen molar-refractivity contribution in [3.05, 3.63) is 34.1 Å². The SMILES string of the molecule is CC(Nc1ccc([N+](=O)[O-])cc1F)(C(=O)O)C(F)(F)F. The molecule has 1 rings (SSSR count). The molecule has 110 valence electrons. The molecule has 6 nitrogen and oxygen atoms in total. The molecule has 0 aliphatic rings. The van der Waals surface area contributed by atoms with Gasteiger partial charge in [-0.15, -0.1) is 0 Å². The normalized spacial score (nSPS) is 14.4. The summed E-state index contributed by atoms with van der Waals surface area (Å²) in [6.07, 6.45) is -5.20. The summed E-state index contributed by atoms with van der Waals surface area (Å²) in [6, 6.07) is 1.81. The van der Waals surface area contributed by atoms with Crippen molar-refractivity contribution >= 4 is 17.3 Å². The Hall–Kier alpha value is -2.39. The van der Waals surface area contributed by atoms with Crippen LogP contribution in [0.4, 0.5) is 28.9 Å². The molecule has 0 bridgehead atoms. The molecule has 10 heteroatoms. The summed E-state index contributed by atoms with van der Waals surface area (Å²) in [7, 11) is 0. The Morgan fingerprint density at radius 1 is 1.40 bits per heavy atom. The lowest BCUT2D eigenvalue weighted by atomic mass is 10.0. The van der Waals surface area contributed by atoms with Gasteiger partial charge in [0, 0.05) is 6.07 Å². The van der Waals surface area contributed by atoms with Crippen LogP contribution in [0.1, 0.15) is 6.92 Å². The minimum Gasteiger partial charge on any atom is -0.479 e. The van der Waals surface area contributed by atoms with Crippen LogP contribution < -0.4 is 5.32 Å². The molecule has 0 saturated carbocycles. The van der Waals surface area contributed by atoms with E-state index in [0.29, 0.717) is 19.1 Å². The standard InChI is InChI=1S/C10H8F4N2O4/c1-9(8(17)18,10(12,13)14)15-7-3-2-5(16(19)20)4-6(7)11/h2-4,15H,1H3,(H,17,18). The van der Waals surface area contributed by atoms with Crippen LogP contribution in [0.15, 0.2) is 18.2 Å². The number of alkyl halides is 3. The maximum Gasteiger partial charge on any atom is 0.422 e. The van der Waals surface area contributed by atoms with E-state index in [1.165, 1.54) is 5.32 Å². The summed E-state index contributed by atoms with van der Waals surface area (Å²) in [4.78, 5) is 20.2. The summed E-state index contributed by atoms with van der Waals surface area (Å²) >= 11 is 0. The first-order valence-electron chi connectivity index (χ1n) is 5.01. The molecule has 0 amide bonds. The molecule has 1 unspecified atom stereocenters. The Morgan fingerprint density at radius 2 is 1.95 bits per heavy atom. The first-order valence-corrected chi connectivity index (χ1v) is 5.01. The lowest BCUT2D eigenvalue weighted by Gasteiger charge is -2.29. The van der Waals surface area contributed by atoms with Crippen LogP contribution in [0.2, 0.25) is 0 Å². The Labute approximate surface area is 109 Å². The number of hydrogen-bond acceptors (Lipinski definition) is 4. The van der Waals surface area contributed by atoms with Crippen LogP contribution in [0.25, 0.3) is 0 Å². The highest BCUT2D eigenvalue weighted by molar-refractivity contribution is 5.83. The molecule has 0 heterocycles. The number of rotatable bonds is 4. The second-order valence-electron chi connectivity index (χ2n) is 3.97. The number of anilines is 1. The second-order valence-corrected chi connectivity index (χ2v) is 3.97. The maximum atomic E-state index is 13.5. The highest BCUT2D eigenvalue weighted by atomic mass is 19.4. The number of nitro benzene ring substituents is 1. The van der Waals surface area contributed by atoms with Gasteiger partial charge in [0.25, 0.3) is 5.69 Å². The van der Waals surface area contributed by atoms with Crippen LogP contribution >= 0.6 is 0 Å². The Balaban J connectivity index is 3.20. The van der Waals surface area contributed by atoms with Crippen molar-refractivity contribution < 1.29 is 32.4 Å². The minimum atomic E-state index is -5.20. The number of carboxylic acids is 1. The zero-order valence-electron chi connectivity index (χ0n) is 9.86. The van der Waals surface area contributed by atoms with Gasteiger partial charge in [0.2, 0.25) is 5.54 Å². The number of nitro groups is 1. The van der Waals surface area contributed by atoms with Gasteiger partial charge in [-0.05, 0) is 13.0 Å². The third kappa shape index (κ3) is 2.78. The van der Waals surface area contributed by atoms with E-state index in [9.17, 15) is 32.5 Å². The monoisotopic (exact) mass is 296 g/mol. The summed E-state index contributed by atoms with van der Waals surface area (Å²) in [5.74, 6) is -3.63. The third-order valence-corrected chi connectivity index (χ3v) is 2.54. The molecule has 0 aliphatic carbocycles. The van der Waals surface area contributed by atoms with E-state index in [4.69, 9.17) is 5.11 Å². The van der Waals surface area contributed by atoms with Gasteiger partial charge in [0.15, 0.2) is 5.82 Å². The van der Waals surface area contributed by atoms with Crippen LogP contribution in [-0.4, -0.2) is 27.7 Å². The number of hydrogen-bond donors (Lipinski definition) is 2. The first-order chi connectivity index (χ1) is 8.99. The van der Waals surface area contributed by atoms with E-state index in [2.05, 4.69) is 0 Å². The summed E-state index contributed by atoms with van der Waals surface area (Å²) < 4.78 is 51.6. The average Bonchev–Trinajstić information content (AvgIpc) is 2.29. The van der Waals surface area contributed by atoms with Gasteiger partial charge in [0.05, 0.1) is 16.7 Å². The smallest absolute Gasteiger partial charge is 0.422 e. The fourth-order valence-electron chi connectivity index (χ4n) is 1.23. The van der Waals surface area contributed by atoms with E-state index < -0.39 is 39.8 Å². The van der Waals surface area contributed by atoms with Crippen molar-refractivity contribution in [1.29, 1.82) is 0 Å². The molecule has 0 saturated heterocycles. The van der Waals surface area contributed by atoms with Gasteiger partial charge in [-0.3, -0.25) is 10.1 Å². The predicted octanol–water partition coefficient (Wildman–Crippen LogP) is 2.55. The number of nitrogens with zero attached hydrogens (tertiary/aromatic N) is 1. The van der Waals surface area contributed by atoms with E-state index in [1.54, 1.807) is 0 Å². The van der Waals surface area contributed by atoms with Gasteiger partial charge in [-0.25, -0.2) is 9.18 Å². The zero-order chi connectivity index (χ0) is 15.7. The lowest BCUT2D eigenvalue weighted by Crippen LogP contribution is -2.55. The summed E-state index contributed by atoms with van der Waals surface area (Å²) in [5, 5.41) is 20.5. The molecule has 0 fully saturated rings. The minimum absolute atomic E-state index is 0.316. The predicted molar refractivity (Wildman–Crippen MR) is 58.8 cm³/mol. The van der Waals surface area contributed by atoms with Crippen molar-refractivity contribution in [2.75, 3.05) is 5.32 Å². The van der Waals surface area contributed by atoms with Crippen molar-refractivity contribution in [2.24, 2.45) is 0 Å². The number of carbonyl (C=O) groups is 1. The van der Waals surface area contributed by atoms with Gasteiger partial charge in [-0.2, -0.15) is 13.2 Å². The molecule has 20 heavy (non-hydrogen) atoms. The molecule has 0 aromatic heterocycles. The van der Waals surface area contributed by atoms with E-state index in [0.717, 1.165) is 6.07 Å². The van der Waals surface area contributed by atoms with E-state index in [-0.39, 0.29) is 0 Å². The molecule has 1 atom stereocenters. The maximum absolute atomic E-state index is 13.5. The largest absolute Gasteiger partial charge is 0.479 e. The molecule has 0 aliphatic heterocycles. The molecule has 2 N–H and O–H groups in total. The molecular formula is C10H8F4N2O4. The first kappa shape index (κ1) is 15.7. The van der Waals surface area contributed by atoms with Crippen LogP contribution in [0, 0.1) is 15.9 Å². The summed E-state index contributed by atoms with van der Waals surface area (Å²) in [6.45, 7) is 0.316. The average molecular weight is 296 g/mol. The quantitative estimate of drug-likeness (QED) is 0.506. The number of benzene rings is 1. The van der Waals surface area contributed by atoms with Crippen LogP contribution in [0.3, 0.4) is 0 Å². The van der Waals surface area contributed by atoms with E-state index in [1.807, 2.05) is 0 Å². The van der Waals surface area contributed by atoms with Crippen molar-refractivity contribution in [3.63, 3.8) is 0 Å². The number of carboxylic acid groups (broad SMARTS) is 1. The number of non-ortho nitro benzene ring substituents is 1. The second kappa shape index (κ2) is 4.94.